The van der Waals surface area contributed by atoms with E-state index in [1.165, 1.54) is 6.07 Å². The average Bonchev–Trinajstić information content (AvgIpc) is 3.36. The van der Waals surface area contributed by atoms with Crippen LogP contribution in [0.25, 0.3) is 22.6 Å². The Labute approximate surface area is 236 Å². The summed E-state index contributed by atoms with van der Waals surface area (Å²) in [5.74, 6) is -0.780. The van der Waals surface area contributed by atoms with Crippen molar-refractivity contribution < 1.29 is 28.2 Å². The molecule has 0 bridgehead atoms. The number of carbonyl (C=O) groups excluding carboxylic acids is 1. The van der Waals surface area contributed by atoms with Gasteiger partial charge in [-0.2, -0.15) is 0 Å². The molecule has 0 aliphatic rings. The van der Waals surface area contributed by atoms with Crippen molar-refractivity contribution in [2.45, 2.75) is 13.0 Å². The number of methoxy groups -OCH3 is 1. The number of anilines is 2. The first kappa shape index (κ1) is 26.9. The van der Waals surface area contributed by atoms with E-state index in [0.717, 1.165) is 5.56 Å². The first-order chi connectivity index (χ1) is 19.3. The van der Waals surface area contributed by atoms with Crippen molar-refractivity contribution in [3.63, 3.8) is 0 Å². The van der Waals surface area contributed by atoms with E-state index in [2.05, 4.69) is 31.5 Å². The molecule has 4 aromatic carbocycles. The summed E-state index contributed by atoms with van der Waals surface area (Å²) in [5.41, 5.74) is 4.38. The van der Waals surface area contributed by atoms with E-state index >= 15 is 0 Å². The van der Waals surface area contributed by atoms with E-state index < -0.39 is 11.8 Å². The Balaban J connectivity index is 1.21. The SMILES string of the molecule is COc1ccc(C(=O)Nc2ccc(CNc3ccc(-c4nc5cc(CC(=O)O)ccc5o4)cc3F)cc2)cc1Br. The minimum atomic E-state index is -0.936. The van der Waals surface area contributed by atoms with E-state index in [1.54, 1.807) is 67.8 Å². The van der Waals surface area contributed by atoms with Crippen LogP contribution >= 0.6 is 15.9 Å². The number of carbonyl (C=O) groups is 2. The smallest absolute Gasteiger partial charge is 0.307 e. The van der Waals surface area contributed by atoms with Crippen LogP contribution in [0.1, 0.15) is 21.5 Å². The summed E-state index contributed by atoms with van der Waals surface area (Å²) in [7, 11) is 1.56. The summed E-state index contributed by atoms with van der Waals surface area (Å²) >= 11 is 3.38. The molecule has 40 heavy (non-hydrogen) atoms. The lowest BCUT2D eigenvalue weighted by Crippen LogP contribution is -2.12. The standard InChI is InChI=1S/C30H23BrFN3O5/c1-39-26-11-6-19(14-22(26)31)29(38)34-21-7-2-17(3-8-21)16-33-24-9-5-20(15-23(24)32)30-35-25-12-18(13-28(36)37)4-10-27(25)40-30/h2-12,14-15,33H,13,16H2,1H3,(H,34,38)(H,36,37). The van der Waals surface area contributed by atoms with Gasteiger partial charge in [-0.25, -0.2) is 9.37 Å². The van der Waals surface area contributed by atoms with Gasteiger partial charge in [-0.3, -0.25) is 9.59 Å². The number of nitrogens with zero attached hydrogens (tertiary/aromatic N) is 1. The van der Waals surface area contributed by atoms with Crippen molar-refractivity contribution in [3.05, 3.63) is 106 Å². The molecule has 5 rings (SSSR count). The third-order valence-electron chi connectivity index (χ3n) is 6.13. The number of hydrogen-bond acceptors (Lipinski definition) is 6. The van der Waals surface area contributed by atoms with E-state index in [0.29, 0.717) is 55.9 Å². The second-order valence-electron chi connectivity index (χ2n) is 8.94. The molecule has 0 radical (unpaired) electrons. The van der Waals surface area contributed by atoms with Gasteiger partial charge >= 0.3 is 5.97 Å². The van der Waals surface area contributed by atoms with Crippen molar-refractivity contribution in [2.75, 3.05) is 17.7 Å². The molecule has 1 aromatic heterocycles. The molecule has 0 saturated carbocycles. The fourth-order valence-electron chi connectivity index (χ4n) is 4.09. The molecule has 1 heterocycles. The zero-order valence-electron chi connectivity index (χ0n) is 21.2. The highest BCUT2D eigenvalue weighted by Gasteiger charge is 2.13. The van der Waals surface area contributed by atoms with E-state index in [9.17, 15) is 14.0 Å². The number of nitrogens with one attached hydrogen (secondary N) is 2. The quantitative estimate of drug-likeness (QED) is 0.168. The van der Waals surface area contributed by atoms with Crippen LogP contribution in [0.15, 0.2) is 87.8 Å². The molecular formula is C30H23BrFN3O5. The summed E-state index contributed by atoms with van der Waals surface area (Å²) in [6, 6.07) is 21.9. The van der Waals surface area contributed by atoms with Gasteiger partial charge in [-0.05, 0) is 87.7 Å². The van der Waals surface area contributed by atoms with Crippen LogP contribution < -0.4 is 15.4 Å². The normalized spacial score (nSPS) is 10.9. The lowest BCUT2D eigenvalue weighted by Gasteiger charge is -2.10. The number of amides is 1. The minimum Gasteiger partial charge on any atom is -0.496 e. The Morgan fingerprint density at radius 3 is 2.48 bits per heavy atom. The van der Waals surface area contributed by atoms with Crippen molar-refractivity contribution in [3.8, 4) is 17.2 Å². The maximum Gasteiger partial charge on any atom is 0.307 e. The van der Waals surface area contributed by atoms with Crippen LogP contribution in [0.2, 0.25) is 0 Å². The third kappa shape index (κ3) is 6.13. The molecule has 5 aromatic rings. The van der Waals surface area contributed by atoms with Crippen LogP contribution in [-0.4, -0.2) is 29.1 Å². The average molecular weight is 604 g/mol. The van der Waals surface area contributed by atoms with Crippen LogP contribution in [0.5, 0.6) is 5.75 Å². The van der Waals surface area contributed by atoms with Gasteiger partial charge in [0.15, 0.2) is 5.58 Å². The van der Waals surface area contributed by atoms with E-state index in [1.807, 2.05) is 12.1 Å². The molecule has 202 valence electrons. The van der Waals surface area contributed by atoms with E-state index in [4.69, 9.17) is 14.3 Å². The predicted octanol–water partition coefficient (Wildman–Crippen LogP) is 6.90. The first-order valence-electron chi connectivity index (χ1n) is 12.2. The molecule has 3 N–H and O–H groups in total. The summed E-state index contributed by atoms with van der Waals surface area (Å²) < 4.78 is 26.5. The minimum absolute atomic E-state index is 0.119. The molecule has 8 nitrogen and oxygen atoms in total. The largest absolute Gasteiger partial charge is 0.496 e. The lowest BCUT2D eigenvalue weighted by molar-refractivity contribution is -0.136. The Morgan fingerprint density at radius 1 is 1.00 bits per heavy atom. The van der Waals surface area contributed by atoms with Crippen LogP contribution in [-0.2, 0) is 17.8 Å². The number of ether oxygens (including phenoxy) is 1. The number of carboxylic acids is 1. The first-order valence-corrected chi connectivity index (χ1v) is 13.0. The maximum atomic E-state index is 14.9. The third-order valence-corrected chi connectivity index (χ3v) is 6.75. The van der Waals surface area contributed by atoms with Gasteiger partial charge in [0.1, 0.15) is 17.1 Å². The van der Waals surface area contributed by atoms with Gasteiger partial charge in [0, 0.05) is 23.4 Å². The van der Waals surface area contributed by atoms with Gasteiger partial charge in [0.25, 0.3) is 5.91 Å². The molecule has 0 aliphatic carbocycles. The monoisotopic (exact) mass is 603 g/mol. The topological polar surface area (TPSA) is 114 Å². The van der Waals surface area contributed by atoms with Gasteiger partial charge in [-0.15, -0.1) is 0 Å². The Bertz CT molecular complexity index is 1720. The number of aliphatic carboxylic acids is 1. The van der Waals surface area contributed by atoms with Gasteiger partial charge in [0.05, 0.1) is 23.7 Å². The van der Waals surface area contributed by atoms with Crippen LogP contribution in [0, 0.1) is 5.82 Å². The number of oxazole rings is 1. The van der Waals surface area contributed by atoms with Gasteiger partial charge < -0.3 is 24.9 Å². The molecule has 0 spiro atoms. The van der Waals surface area contributed by atoms with Gasteiger partial charge in [-0.1, -0.05) is 18.2 Å². The van der Waals surface area contributed by atoms with E-state index in [-0.39, 0.29) is 18.2 Å². The number of carboxylic acid groups (broad SMARTS) is 1. The van der Waals surface area contributed by atoms with Crippen LogP contribution in [0.3, 0.4) is 0 Å². The fraction of sp³-hybridized carbons (Fsp3) is 0.100. The second-order valence-corrected chi connectivity index (χ2v) is 9.79. The summed E-state index contributed by atoms with van der Waals surface area (Å²) in [5, 5.41) is 14.9. The fourth-order valence-corrected chi connectivity index (χ4v) is 4.63. The highest BCUT2D eigenvalue weighted by atomic mass is 79.9. The molecule has 10 heteroatoms. The Hall–Kier alpha value is -4.70. The molecule has 0 aliphatic heterocycles. The zero-order valence-corrected chi connectivity index (χ0v) is 22.8. The van der Waals surface area contributed by atoms with Crippen LogP contribution in [0.4, 0.5) is 15.8 Å². The molecule has 0 unspecified atom stereocenters. The van der Waals surface area contributed by atoms with Crippen molar-refractivity contribution in [2.24, 2.45) is 0 Å². The molecule has 1 amide bonds. The second kappa shape index (κ2) is 11.6. The maximum absolute atomic E-state index is 14.9. The Morgan fingerprint density at radius 2 is 1.77 bits per heavy atom. The number of aromatic nitrogens is 1. The number of rotatable bonds is 9. The zero-order chi connectivity index (χ0) is 28.2. The predicted molar refractivity (Wildman–Crippen MR) is 153 cm³/mol. The molecule has 0 fully saturated rings. The number of halogens is 2. The van der Waals surface area contributed by atoms with Gasteiger partial charge in [0.2, 0.25) is 5.89 Å². The lowest BCUT2D eigenvalue weighted by atomic mass is 10.1. The highest BCUT2D eigenvalue weighted by molar-refractivity contribution is 9.10. The number of hydrogen-bond donors (Lipinski definition) is 3. The molecular weight excluding hydrogens is 581 g/mol. The Kier molecular flexibility index (Phi) is 7.79. The number of fused-ring (bicyclic) bond motifs is 1. The molecule has 0 saturated heterocycles. The van der Waals surface area contributed by atoms with Crippen molar-refractivity contribution >= 4 is 50.3 Å². The summed E-state index contributed by atoms with van der Waals surface area (Å²) in [6.07, 6.45) is -0.119. The highest BCUT2D eigenvalue weighted by Crippen LogP contribution is 2.29. The summed E-state index contributed by atoms with van der Waals surface area (Å²) in [4.78, 5) is 27.9. The van der Waals surface area contributed by atoms with Crippen molar-refractivity contribution in [1.29, 1.82) is 0 Å². The van der Waals surface area contributed by atoms with Crippen molar-refractivity contribution in [1.82, 2.24) is 4.98 Å². The summed E-state index contributed by atoms with van der Waals surface area (Å²) in [6.45, 7) is 0.366. The molecule has 0 atom stereocenters. The number of benzene rings is 4.